The van der Waals surface area contributed by atoms with Gasteiger partial charge in [0.05, 0.1) is 30.2 Å². The molecule has 38 heavy (non-hydrogen) atoms. The lowest BCUT2D eigenvalue weighted by atomic mass is 9.90. The summed E-state index contributed by atoms with van der Waals surface area (Å²) < 4.78 is 39.2. The molecule has 0 heterocycles. The summed E-state index contributed by atoms with van der Waals surface area (Å²) in [6.07, 6.45) is 2.21. The Bertz CT molecular complexity index is 1280. The average molecular weight is 566 g/mol. The molecule has 1 aliphatic rings. The van der Waals surface area contributed by atoms with Gasteiger partial charge in [0.25, 0.3) is 11.8 Å². The highest BCUT2D eigenvalue weighted by molar-refractivity contribution is 8.00. The number of ether oxygens (including phenoxy) is 2. The van der Waals surface area contributed by atoms with Crippen LogP contribution in [-0.2, 0) is 23.9 Å². The van der Waals surface area contributed by atoms with E-state index in [2.05, 4.69) is 4.74 Å². The van der Waals surface area contributed by atoms with Crippen LogP contribution in [0.1, 0.15) is 49.4 Å². The van der Waals surface area contributed by atoms with Crippen LogP contribution in [0, 0.1) is 11.6 Å². The van der Waals surface area contributed by atoms with E-state index in [9.17, 15) is 23.6 Å². The van der Waals surface area contributed by atoms with Crippen molar-refractivity contribution in [2.45, 2.75) is 43.9 Å². The van der Waals surface area contributed by atoms with E-state index in [1.54, 1.807) is 0 Å². The molecule has 0 aliphatic heterocycles. The number of esters is 2. The number of amides is 2. The van der Waals surface area contributed by atoms with Gasteiger partial charge in [0.15, 0.2) is 0 Å². The van der Waals surface area contributed by atoms with E-state index in [0.29, 0.717) is 24.2 Å². The van der Waals surface area contributed by atoms with E-state index in [1.807, 2.05) is 6.92 Å². The lowest BCUT2D eigenvalue weighted by Gasteiger charge is -2.26. The van der Waals surface area contributed by atoms with Crippen molar-refractivity contribution < 1.29 is 37.4 Å². The molecule has 0 N–H and O–H groups in total. The van der Waals surface area contributed by atoms with Gasteiger partial charge < -0.3 is 9.47 Å². The summed E-state index contributed by atoms with van der Waals surface area (Å²) in [7, 11) is 1.21. The molecule has 2 amide bonds. The Labute approximate surface area is 228 Å². The maximum Gasteiger partial charge on any atom is 0.334 e. The molecule has 11 heteroatoms. The highest BCUT2D eigenvalue weighted by Gasteiger charge is 2.34. The summed E-state index contributed by atoms with van der Waals surface area (Å²) in [4.78, 5) is 52.7. The van der Waals surface area contributed by atoms with Gasteiger partial charge >= 0.3 is 11.9 Å². The second-order valence-electron chi connectivity index (χ2n) is 8.36. The molecule has 0 saturated carbocycles. The quantitative estimate of drug-likeness (QED) is 0.213. The van der Waals surface area contributed by atoms with Crippen molar-refractivity contribution >= 4 is 52.8 Å². The van der Waals surface area contributed by atoms with Gasteiger partial charge in [-0.2, -0.15) is 0 Å². The molecule has 2 aromatic rings. The van der Waals surface area contributed by atoms with Gasteiger partial charge in [-0.3, -0.25) is 14.4 Å². The standard InChI is InChI=1S/C27H26ClF2NO6S/c1-3-11-37-27(35)19-10-5-4-9-18(19)26(34)31(25(33)16-7-6-8-17(29)12-16)22-14-23(20(28)13-21(22)30)38-15-24(32)36-2/h6-8,12-14H,3-5,9-11,15H2,1-2H3. The number of anilines is 1. The molecule has 0 radical (unpaired) electrons. The van der Waals surface area contributed by atoms with Crippen molar-refractivity contribution in [1.29, 1.82) is 0 Å². The van der Waals surface area contributed by atoms with Crippen LogP contribution in [0.4, 0.5) is 14.5 Å². The molecule has 1 aliphatic carbocycles. The van der Waals surface area contributed by atoms with E-state index in [1.165, 1.54) is 25.3 Å². The number of rotatable bonds is 9. The zero-order valence-electron chi connectivity index (χ0n) is 20.9. The van der Waals surface area contributed by atoms with E-state index in [0.717, 1.165) is 30.0 Å². The molecule has 0 fully saturated rings. The molecule has 0 atom stereocenters. The third kappa shape index (κ3) is 6.99. The highest BCUT2D eigenvalue weighted by Crippen LogP contribution is 2.36. The van der Waals surface area contributed by atoms with Crippen LogP contribution in [0.3, 0.4) is 0 Å². The van der Waals surface area contributed by atoms with Crippen molar-refractivity contribution in [3.05, 3.63) is 69.8 Å². The predicted molar refractivity (Wildman–Crippen MR) is 139 cm³/mol. The highest BCUT2D eigenvalue weighted by atomic mass is 35.5. The van der Waals surface area contributed by atoms with Gasteiger partial charge in [-0.1, -0.05) is 24.6 Å². The largest absolute Gasteiger partial charge is 0.468 e. The number of hydrogen-bond donors (Lipinski definition) is 0. The topological polar surface area (TPSA) is 90.0 Å². The molecule has 0 spiro atoms. The van der Waals surface area contributed by atoms with Crippen molar-refractivity contribution in [3.8, 4) is 0 Å². The minimum atomic E-state index is -1.00. The number of imide groups is 1. The van der Waals surface area contributed by atoms with Crippen LogP contribution in [0.5, 0.6) is 0 Å². The lowest BCUT2D eigenvalue weighted by Crippen LogP contribution is -2.40. The van der Waals surface area contributed by atoms with Crippen LogP contribution in [0.2, 0.25) is 5.02 Å². The van der Waals surface area contributed by atoms with Crippen molar-refractivity contribution in [1.82, 2.24) is 0 Å². The summed E-state index contributed by atoms with van der Waals surface area (Å²) in [5.74, 6) is -5.04. The molecular weight excluding hydrogens is 540 g/mol. The first-order valence-electron chi connectivity index (χ1n) is 11.9. The van der Waals surface area contributed by atoms with Gasteiger partial charge in [-0.05, 0) is 62.4 Å². The SMILES string of the molecule is CCCOC(=O)C1=C(C(=O)N(C(=O)c2cccc(F)c2)c2cc(SCC(=O)OC)c(Cl)cc2F)CCCC1. The molecule has 2 aromatic carbocycles. The minimum Gasteiger partial charge on any atom is -0.468 e. The third-order valence-corrected chi connectivity index (χ3v) is 7.16. The first-order valence-corrected chi connectivity index (χ1v) is 13.3. The van der Waals surface area contributed by atoms with Gasteiger partial charge in [0.2, 0.25) is 0 Å². The number of nitrogens with zero attached hydrogens (tertiary/aromatic N) is 1. The van der Waals surface area contributed by atoms with Gasteiger partial charge in [0, 0.05) is 21.6 Å². The number of thioether (sulfide) groups is 1. The number of methoxy groups -OCH3 is 1. The number of hydrogen-bond acceptors (Lipinski definition) is 7. The third-order valence-electron chi connectivity index (χ3n) is 5.70. The molecule has 3 rings (SSSR count). The molecule has 0 bridgehead atoms. The Morgan fingerprint density at radius 1 is 1.03 bits per heavy atom. The number of benzene rings is 2. The van der Waals surface area contributed by atoms with Gasteiger partial charge in [-0.25, -0.2) is 18.5 Å². The molecule has 0 saturated heterocycles. The first kappa shape index (κ1) is 29.3. The van der Waals surface area contributed by atoms with Crippen LogP contribution >= 0.6 is 23.4 Å². The number of carbonyl (C=O) groups is 4. The van der Waals surface area contributed by atoms with Crippen LogP contribution in [0.15, 0.2) is 52.4 Å². The second-order valence-corrected chi connectivity index (χ2v) is 9.78. The van der Waals surface area contributed by atoms with E-state index < -0.39 is 41.1 Å². The van der Waals surface area contributed by atoms with E-state index in [-0.39, 0.29) is 51.8 Å². The monoisotopic (exact) mass is 565 g/mol. The summed E-state index contributed by atoms with van der Waals surface area (Å²) in [5.41, 5.74) is -0.509. The maximum absolute atomic E-state index is 15.3. The first-order chi connectivity index (χ1) is 18.2. The Morgan fingerprint density at radius 2 is 1.74 bits per heavy atom. The number of halogens is 3. The summed E-state index contributed by atoms with van der Waals surface area (Å²) in [6.45, 7) is 1.98. The summed E-state index contributed by atoms with van der Waals surface area (Å²) in [5, 5.41) is -0.0496. The van der Waals surface area contributed by atoms with Crippen molar-refractivity contribution in [2.24, 2.45) is 0 Å². The summed E-state index contributed by atoms with van der Waals surface area (Å²) >= 11 is 7.09. The fraction of sp³-hybridized carbons (Fsp3) is 0.333. The minimum absolute atomic E-state index is 0.0280. The molecule has 7 nitrogen and oxygen atoms in total. The molecule has 0 unspecified atom stereocenters. The fourth-order valence-corrected chi connectivity index (χ4v) is 4.94. The molecule has 202 valence electrons. The van der Waals surface area contributed by atoms with Crippen LogP contribution in [0.25, 0.3) is 0 Å². The maximum atomic E-state index is 15.3. The lowest BCUT2D eigenvalue weighted by molar-refractivity contribution is -0.140. The van der Waals surface area contributed by atoms with Crippen molar-refractivity contribution in [3.63, 3.8) is 0 Å². The Balaban J connectivity index is 2.15. The van der Waals surface area contributed by atoms with Gasteiger partial charge in [-0.15, -0.1) is 11.8 Å². The fourth-order valence-electron chi connectivity index (χ4n) is 3.84. The molecular formula is C27H26ClF2NO6S. The average Bonchev–Trinajstić information content (AvgIpc) is 2.91. The predicted octanol–water partition coefficient (Wildman–Crippen LogP) is 5.88. The van der Waals surface area contributed by atoms with E-state index in [4.69, 9.17) is 16.3 Å². The smallest absolute Gasteiger partial charge is 0.334 e. The Kier molecular flexibility index (Phi) is 10.4. The normalized spacial score (nSPS) is 13.2. The van der Waals surface area contributed by atoms with Crippen LogP contribution < -0.4 is 4.90 Å². The summed E-state index contributed by atoms with van der Waals surface area (Å²) in [6, 6.07) is 6.71. The Morgan fingerprint density at radius 3 is 2.39 bits per heavy atom. The van der Waals surface area contributed by atoms with E-state index >= 15 is 4.39 Å². The van der Waals surface area contributed by atoms with Crippen LogP contribution in [-0.4, -0.2) is 43.2 Å². The van der Waals surface area contributed by atoms with Gasteiger partial charge in [0.1, 0.15) is 11.6 Å². The van der Waals surface area contributed by atoms with Crippen molar-refractivity contribution in [2.75, 3.05) is 24.4 Å². The number of carbonyl (C=O) groups excluding carboxylic acids is 4. The zero-order chi connectivity index (χ0) is 27.8. The molecule has 0 aromatic heterocycles. The zero-order valence-corrected chi connectivity index (χ0v) is 22.4. The second kappa shape index (κ2) is 13.5. The Hall–Kier alpha value is -3.24.